The molecule has 0 radical (unpaired) electrons. The highest BCUT2D eigenvalue weighted by atomic mass is 19.2. The number of piperidine rings is 2. The highest BCUT2D eigenvalue weighted by Crippen LogP contribution is 2.22. The van der Waals surface area contributed by atoms with Gasteiger partial charge >= 0.3 is 0 Å². The first-order chi connectivity index (χ1) is 9.69. The van der Waals surface area contributed by atoms with E-state index in [1.807, 2.05) is 18.9 Å². The van der Waals surface area contributed by atoms with Gasteiger partial charge in [0.25, 0.3) is 0 Å². The maximum atomic E-state index is 13.0. The van der Waals surface area contributed by atoms with Gasteiger partial charge in [-0.15, -0.1) is 9.60 Å². The van der Waals surface area contributed by atoms with Crippen molar-refractivity contribution in [1.29, 1.82) is 0 Å². The van der Waals surface area contributed by atoms with E-state index in [4.69, 9.17) is 5.84 Å². The molecule has 0 aliphatic carbocycles. The molecule has 2 N–H and O–H groups in total. The van der Waals surface area contributed by atoms with Crippen LogP contribution in [0.5, 0.6) is 0 Å². The summed E-state index contributed by atoms with van der Waals surface area (Å²) in [5, 5.41) is 2.88. The summed E-state index contributed by atoms with van der Waals surface area (Å²) in [5.74, 6) is 6.56. The standard InChI is InChI=1S/C13H27FN4.C2H6/c1-2-16(13-5-7-17(14)8-6-13)11-12-3-9-18(15)10-4-12;1-2/h12-13H,2-11,15H2,1H3;1-2H3. The fourth-order valence-electron chi connectivity index (χ4n) is 3.20. The smallest absolute Gasteiger partial charge is 0.0305 e. The molecule has 2 aliphatic heterocycles. The Hall–Kier alpha value is -0.230. The van der Waals surface area contributed by atoms with Crippen LogP contribution >= 0.6 is 0 Å². The first-order valence-electron chi connectivity index (χ1n) is 8.33. The molecule has 0 aromatic rings. The van der Waals surface area contributed by atoms with Crippen LogP contribution in [0.3, 0.4) is 0 Å². The lowest BCUT2D eigenvalue weighted by molar-refractivity contribution is -0.0236. The summed E-state index contributed by atoms with van der Waals surface area (Å²) in [7, 11) is 0. The topological polar surface area (TPSA) is 35.7 Å². The van der Waals surface area contributed by atoms with Crippen LogP contribution in [0.2, 0.25) is 0 Å². The molecule has 0 atom stereocenters. The fraction of sp³-hybridized carbons (Fsp3) is 1.00. The number of halogens is 1. The second kappa shape index (κ2) is 9.66. The van der Waals surface area contributed by atoms with Crippen LogP contribution in [-0.4, -0.2) is 60.3 Å². The molecule has 2 aliphatic rings. The molecular formula is C15H33FN4. The normalized spacial score (nSPS) is 23.7. The number of hydrogen-bond donors (Lipinski definition) is 1. The van der Waals surface area contributed by atoms with Gasteiger partial charge in [0.15, 0.2) is 0 Å². The molecular weight excluding hydrogens is 255 g/mol. The summed E-state index contributed by atoms with van der Waals surface area (Å²) in [5.41, 5.74) is 0. The first-order valence-corrected chi connectivity index (χ1v) is 8.33. The van der Waals surface area contributed by atoms with Crippen molar-refractivity contribution in [2.75, 3.05) is 39.3 Å². The lowest BCUT2D eigenvalue weighted by Crippen LogP contribution is -2.47. The molecule has 0 aromatic heterocycles. The van der Waals surface area contributed by atoms with Gasteiger partial charge in [-0.25, -0.2) is 5.01 Å². The zero-order chi connectivity index (χ0) is 15.0. The quantitative estimate of drug-likeness (QED) is 0.636. The predicted octanol–water partition coefficient (Wildman–Crippen LogP) is 2.27. The Morgan fingerprint density at radius 2 is 1.60 bits per heavy atom. The van der Waals surface area contributed by atoms with Crippen molar-refractivity contribution in [3.63, 3.8) is 0 Å². The van der Waals surface area contributed by atoms with Crippen LogP contribution in [-0.2, 0) is 0 Å². The number of hydrazine groups is 1. The third kappa shape index (κ3) is 5.64. The van der Waals surface area contributed by atoms with Crippen LogP contribution in [0.1, 0.15) is 46.5 Å². The van der Waals surface area contributed by atoms with E-state index in [-0.39, 0.29) is 0 Å². The van der Waals surface area contributed by atoms with Gasteiger partial charge in [0.05, 0.1) is 0 Å². The average molecular weight is 288 g/mol. The third-order valence-electron chi connectivity index (χ3n) is 4.47. The average Bonchev–Trinajstić information content (AvgIpc) is 2.50. The minimum Gasteiger partial charge on any atom is -0.300 e. The highest BCUT2D eigenvalue weighted by Gasteiger charge is 2.26. The molecule has 2 rings (SSSR count). The summed E-state index contributed by atoms with van der Waals surface area (Å²) in [6.45, 7) is 11.7. The summed E-state index contributed by atoms with van der Waals surface area (Å²) in [4.78, 5) is 2.56. The molecule has 4 nitrogen and oxygen atoms in total. The molecule has 5 heteroatoms. The molecule has 2 heterocycles. The van der Waals surface area contributed by atoms with E-state index >= 15 is 0 Å². The molecule has 0 spiro atoms. The lowest BCUT2D eigenvalue weighted by atomic mass is 9.95. The van der Waals surface area contributed by atoms with Gasteiger partial charge in [-0.3, -0.25) is 5.84 Å². The van der Waals surface area contributed by atoms with Crippen molar-refractivity contribution in [1.82, 2.24) is 15.0 Å². The molecule has 0 aromatic carbocycles. The number of rotatable bonds is 4. The predicted molar refractivity (Wildman–Crippen MR) is 82.8 cm³/mol. The molecule has 120 valence electrons. The highest BCUT2D eigenvalue weighted by molar-refractivity contribution is 4.80. The number of nitrogens with zero attached hydrogens (tertiary/aromatic N) is 3. The third-order valence-corrected chi connectivity index (χ3v) is 4.47. The van der Waals surface area contributed by atoms with Gasteiger partial charge in [0.1, 0.15) is 0 Å². The van der Waals surface area contributed by atoms with Gasteiger partial charge in [-0.05, 0) is 38.1 Å². The van der Waals surface area contributed by atoms with Crippen molar-refractivity contribution in [3.8, 4) is 0 Å². The van der Waals surface area contributed by atoms with Gasteiger partial charge in [0.2, 0.25) is 0 Å². The van der Waals surface area contributed by atoms with E-state index in [9.17, 15) is 4.48 Å². The van der Waals surface area contributed by atoms with Crippen LogP contribution in [0.25, 0.3) is 0 Å². The molecule has 20 heavy (non-hydrogen) atoms. The minimum absolute atomic E-state index is 0.581. The van der Waals surface area contributed by atoms with Gasteiger partial charge < -0.3 is 4.90 Å². The minimum atomic E-state index is 0.581. The van der Waals surface area contributed by atoms with Crippen LogP contribution in [0, 0.1) is 5.92 Å². The maximum Gasteiger partial charge on any atom is 0.0305 e. The summed E-state index contributed by atoms with van der Waals surface area (Å²) >= 11 is 0. The Morgan fingerprint density at radius 3 is 2.10 bits per heavy atom. The summed E-state index contributed by atoms with van der Waals surface area (Å²) in [6, 6.07) is 0.581. The van der Waals surface area contributed by atoms with Crippen molar-refractivity contribution < 1.29 is 4.48 Å². The summed E-state index contributed by atoms with van der Waals surface area (Å²) < 4.78 is 13.0. The monoisotopic (exact) mass is 288 g/mol. The lowest BCUT2D eigenvalue weighted by Gasteiger charge is -2.38. The van der Waals surface area contributed by atoms with E-state index in [0.717, 1.165) is 43.5 Å². The molecule has 0 unspecified atom stereocenters. The second-order valence-corrected chi connectivity index (χ2v) is 5.71. The van der Waals surface area contributed by atoms with Crippen LogP contribution in [0.4, 0.5) is 4.48 Å². The Kier molecular flexibility index (Phi) is 8.61. The Bertz CT molecular complexity index is 236. The van der Waals surface area contributed by atoms with Crippen molar-refractivity contribution >= 4 is 0 Å². The molecule has 0 amide bonds. The van der Waals surface area contributed by atoms with E-state index in [0.29, 0.717) is 19.1 Å². The van der Waals surface area contributed by atoms with E-state index in [2.05, 4.69) is 11.8 Å². The van der Waals surface area contributed by atoms with E-state index in [1.54, 1.807) is 0 Å². The zero-order valence-corrected chi connectivity index (χ0v) is 13.5. The van der Waals surface area contributed by atoms with E-state index in [1.165, 1.54) is 19.4 Å². The van der Waals surface area contributed by atoms with Gasteiger partial charge in [0, 0.05) is 38.8 Å². The van der Waals surface area contributed by atoms with Crippen molar-refractivity contribution in [3.05, 3.63) is 0 Å². The van der Waals surface area contributed by atoms with Gasteiger partial charge in [-0.2, -0.15) is 0 Å². The van der Waals surface area contributed by atoms with Crippen molar-refractivity contribution in [2.24, 2.45) is 11.8 Å². The molecule has 0 bridgehead atoms. The first kappa shape index (κ1) is 17.8. The Morgan fingerprint density at radius 1 is 1.05 bits per heavy atom. The molecule has 0 saturated carbocycles. The SMILES string of the molecule is CC.CCN(CC1CCN(N)CC1)C1CCN(F)CC1. The Balaban J connectivity index is 0.000000956. The number of nitrogens with two attached hydrogens (primary N) is 1. The summed E-state index contributed by atoms with van der Waals surface area (Å²) in [6.07, 6.45) is 4.35. The second-order valence-electron chi connectivity index (χ2n) is 5.71. The van der Waals surface area contributed by atoms with Crippen molar-refractivity contribution in [2.45, 2.75) is 52.5 Å². The van der Waals surface area contributed by atoms with Crippen LogP contribution < -0.4 is 5.84 Å². The largest absolute Gasteiger partial charge is 0.300 e. The molecule has 2 fully saturated rings. The van der Waals surface area contributed by atoms with Crippen LogP contribution in [0.15, 0.2) is 0 Å². The maximum absolute atomic E-state index is 13.0. The number of hydrogen-bond acceptors (Lipinski definition) is 4. The fourth-order valence-corrected chi connectivity index (χ4v) is 3.20. The Labute approximate surface area is 124 Å². The van der Waals surface area contributed by atoms with Gasteiger partial charge in [-0.1, -0.05) is 20.8 Å². The zero-order valence-electron chi connectivity index (χ0n) is 13.5. The van der Waals surface area contributed by atoms with E-state index < -0.39 is 0 Å². The molecule has 2 saturated heterocycles.